The SMILES string of the molecule is COc1c(C=CC(=O)c2ccccc2)ccc(Cl)c1Cl. The molecule has 0 spiro atoms. The Kier molecular flexibility index (Phi) is 4.83. The van der Waals surface area contributed by atoms with E-state index in [0.717, 1.165) is 0 Å². The highest BCUT2D eigenvalue weighted by molar-refractivity contribution is 6.43. The predicted molar refractivity (Wildman–Crippen MR) is 82.8 cm³/mol. The van der Waals surface area contributed by atoms with E-state index in [1.54, 1.807) is 30.3 Å². The fraction of sp³-hybridized carbons (Fsp3) is 0.0625. The van der Waals surface area contributed by atoms with Gasteiger partial charge in [0.05, 0.1) is 12.1 Å². The molecule has 0 unspecified atom stereocenters. The molecule has 2 aromatic carbocycles. The Labute approximate surface area is 127 Å². The number of ketones is 1. The van der Waals surface area contributed by atoms with Crippen LogP contribution in [0.5, 0.6) is 5.75 Å². The Morgan fingerprint density at radius 1 is 1.10 bits per heavy atom. The van der Waals surface area contributed by atoms with Crippen molar-refractivity contribution < 1.29 is 9.53 Å². The van der Waals surface area contributed by atoms with Gasteiger partial charge in [-0.1, -0.05) is 53.5 Å². The lowest BCUT2D eigenvalue weighted by atomic mass is 10.1. The first-order chi connectivity index (χ1) is 9.63. The number of allylic oxidation sites excluding steroid dienone is 1. The van der Waals surface area contributed by atoms with Crippen LogP contribution in [0, 0.1) is 0 Å². The normalized spacial score (nSPS) is 10.8. The molecule has 2 rings (SSSR count). The summed E-state index contributed by atoms with van der Waals surface area (Å²) >= 11 is 12.0. The van der Waals surface area contributed by atoms with Crippen LogP contribution in [-0.2, 0) is 0 Å². The molecule has 0 saturated heterocycles. The zero-order valence-electron chi connectivity index (χ0n) is 10.8. The van der Waals surface area contributed by atoms with E-state index in [4.69, 9.17) is 27.9 Å². The predicted octanol–water partition coefficient (Wildman–Crippen LogP) is 4.90. The van der Waals surface area contributed by atoms with Crippen molar-refractivity contribution in [1.82, 2.24) is 0 Å². The monoisotopic (exact) mass is 306 g/mol. The summed E-state index contributed by atoms with van der Waals surface area (Å²) in [5.74, 6) is 0.370. The van der Waals surface area contributed by atoms with Gasteiger partial charge in [0.25, 0.3) is 0 Å². The van der Waals surface area contributed by atoms with Gasteiger partial charge in [0.15, 0.2) is 5.78 Å². The Morgan fingerprint density at radius 3 is 2.45 bits per heavy atom. The molecule has 0 amide bonds. The molecule has 0 atom stereocenters. The number of hydrogen-bond acceptors (Lipinski definition) is 2. The third-order valence-corrected chi connectivity index (χ3v) is 3.54. The number of rotatable bonds is 4. The Hall–Kier alpha value is -1.77. The lowest BCUT2D eigenvalue weighted by Gasteiger charge is -2.08. The molecule has 4 heteroatoms. The van der Waals surface area contributed by atoms with Gasteiger partial charge in [-0.15, -0.1) is 0 Å². The second-order valence-corrected chi connectivity index (χ2v) is 4.83. The summed E-state index contributed by atoms with van der Waals surface area (Å²) in [5.41, 5.74) is 1.33. The first-order valence-corrected chi connectivity index (χ1v) is 6.68. The van der Waals surface area contributed by atoms with E-state index in [1.807, 2.05) is 18.2 Å². The van der Waals surface area contributed by atoms with E-state index in [2.05, 4.69) is 0 Å². The molecule has 0 aliphatic heterocycles. The van der Waals surface area contributed by atoms with E-state index in [1.165, 1.54) is 13.2 Å². The van der Waals surface area contributed by atoms with Gasteiger partial charge in [-0.25, -0.2) is 0 Å². The van der Waals surface area contributed by atoms with Crippen LogP contribution in [0.2, 0.25) is 10.0 Å². The van der Waals surface area contributed by atoms with Crippen LogP contribution >= 0.6 is 23.2 Å². The summed E-state index contributed by atoms with van der Waals surface area (Å²) < 4.78 is 5.22. The van der Waals surface area contributed by atoms with Crippen molar-refractivity contribution in [3.05, 3.63) is 69.7 Å². The van der Waals surface area contributed by atoms with Crippen molar-refractivity contribution in [3.8, 4) is 5.75 Å². The molecule has 0 radical (unpaired) electrons. The highest BCUT2D eigenvalue weighted by atomic mass is 35.5. The quantitative estimate of drug-likeness (QED) is 0.593. The molecule has 0 bridgehead atoms. The third-order valence-electron chi connectivity index (χ3n) is 2.76. The van der Waals surface area contributed by atoms with E-state index >= 15 is 0 Å². The lowest BCUT2D eigenvalue weighted by molar-refractivity contribution is 0.104. The van der Waals surface area contributed by atoms with Gasteiger partial charge in [0, 0.05) is 11.1 Å². The molecule has 20 heavy (non-hydrogen) atoms. The molecule has 0 aromatic heterocycles. The Morgan fingerprint density at radius 2 is 1.80 bits per heavy atom. The van der Waals surface area contributed by atoms with Gasteiger partial charge in [-0.3, -0.25) is 4.79 Å². The van der Waals surface area contributed by atoms with Crippen LogP contribution in [0.3, 0.4) is 0 Å². The van der Waals surface area contributed by atoms with Crippen molar-refractivity contribution in [2.24, 2.45) is 0 Å². The van der Waals surface area contributed by atoms with Crippen LogP contribution < -0.4 is 4.74 Å². The van der Waals surface area contributed by atoms with E-state index in [9.17, 15) is 4.79 Å². The summed E-state index contributed by atoms with van der Waals surface area (Å²) in [5, 5.41) is 0.749. The van der Waals surface area contributed by atoms with E-state index in [-0.39, 0.29) is 5.78 Å². The number of methoxy groups -OCH3 is 1. The van der Waals surface area contributed by atoms with Crippen molar-refractivity contribution in [2.45, 2.75) is 0 Å². The summed E-state index contributed by atoms with van der Waals surface area (Å²) in [6, 6.07) is 12.4. The minimum absolute atomic E-state index is 0.0845. The van der Waals surface area contributed by atoms with Crippen LogP contribution in [0.1, 0.15) is 15.9 Å². The number of carbonyl (C=O) groups is 1. The van der Waals surface area contributed by atoms with Crippen molar-refractivity contribution in [2.75, 3.05) is 7.11 Å². The molecule has 0 saturated carbocycles. The topological polar surface area (TPSA) is 26.3 Å². The molecule has 102 valence electrons. The standard InChI is InChI=1S/C16H12Cl2O2/c1-20-16-12(7-9-13(17)15(16)18)8-10-14(19)11-5-3-2-4-6-11/h2-10H,1H3. The molecule has 0 fully saturated rings. The van der Waals surface area contributed by atoms with Crippen LogP contribution in [-0.4, -0.2) is 12.9 Å². The summed E-state index contributed by atoms with van der Waals surface area (Å²) in [7, 11) is 1.51. The average Bonchev–Trinajstić information content (AvgIpc) is 2.49. The van der Waals surface area contributed by atoms with Gasteiger partial charge in [0.2, 0.25) is 0 Å². The van der Waals surface area contributed by atoms with Crippen LogP contribution in [0.15, 0.2) is 48.5 Å². The van der Waals surface area contributed by atoms with Gasteiger partial charge in [0.1, 0.15) is 10.8 Å². The maximum atomic E-state index is 12.0. The first kappa shape index (κ1) is 14.6. The van der Waals surface area contributed by atoms with Gasteiger partial charge in [-0.2, -0.15) is 0 Å². The number of halogens is 2. The van der Waals surface area contributed by atoms with Crippen molar-refractivity contribution >= 4 is 35.1 Å². The molecule has 2 aromatic rings. The molecule has 0 aliphatic rings. The molecular weight excluding hydrogens is 295 g/mol. The number of carbonyl (C=O) groups excluding carboxylic acids is 1. The maximum absolute atomic E-state index is 12.0. The zero-order valence-corrected chi connectivity index (χ0v) is 12.3. The van der Waals surface area contributed by atoms with E-state index in [0.29, 0.717) is 26.9 Å². The van der Waals surface area contributed by atoms with E-state index < -0.39 is 0 Å². The van der Waals surface area contributed by atoms with Gasteiger partial charge >= 0.3 is 0 Å². The first-order valence-electron chi connectivity index (χ1n) is 5.93. The highest BCUT2D eigenvalue weighted by Gasteiger charge is 2.09. The Bertz CT molecular complexity index is 649. The Balaban J connectivity index is 2.28. The lowest BCUT2D eigenvalue weighted by Crippen LogP contribution is -1.94. The molecule has 0 N–H and O–H groups in total. The fourth-order valence-electron chi connectivity index (χ4n) is 1.75. The second-order valence-electron chi connectivity index (χ2n) is 4.05. The van der Waals surface area contributed by atoms with Gasteiger partial charge < -0.3 is 4.74 Å². The smallest absolute Gasteiger partial charge is 0.185 e. The number of benzene rings is 2. The van der Waals surface area contributed by atoms with Gasteiger partial charge in [-0.05, 0) is 24.3 Å². The number of hydrogen-bond donors (Lipinski definition) is 0. The number of ether oxygens (including phenoxy) is 1. The minimum Gasteiger partial charge on any atom is -0.495 e. The van der Waals surface area contributed by atoms with Crippen molar-refractivity contribution in [1.29, 1.82) is 0 Å². The molecule has 0 heterocycles. The molecule has 0 aliphatic carbocycles. The maximum Gasteiger partial charge on any atom is 0.185 e. The van der Waals surface area contributed by atoms with Crippen LogP contribution in [0.25, 0.3) is 6.08 Å². The minimum atomic E-state index is -0.0845. The zero-order chi connectivity index (χ0) is 14.5. The van der Waals surface area contributed by atoms with Crippen molar-refractivity contribution in [3.63, 3.8) is 0 Å². The molecule has 2 nitrogen and oxygen atoms in total. The second kappa shape index (κ2) is 6.60. The highest BCUT2D eigenvalue weighted by Crippen LogP contribution is 2.35. The summed E-state index contributed by atoms with van der Waals surface area (Å²) in [6.07, 6.45) is 3.15. The summed E-state index contributed by atoms with van der Waals surface area (Å²) in [6.45, 7) is 0. The fourth-order valence-corrected chi connectivity index (χ4v) is 2.15. The largest absolute Gasteiger partial charge is 0.495 e. The summed E-state index contributed by atoms with van der Waals surface area (Å²) in [4.78, 5) is 12.0. The average molecular weight is 307 g/mol. The molecular formula is C16H12Cl2O2. The van der Waals surface area contributed by atoms with Crippen LogP contribution in [0.4, 0.5) is 0 Å². The third kappa shape index (κ3) is 3.21.